The molecule has 1 aliphatic heterocycles. The van der Waals surface area contributed by atoms with Crippen molar-refractivity contribution in [2.24, 2.45) is 0 Å². The molecule has 0 fully saturated rings. The zero-order valence-electron chi connectivity index (χ0n) is 9.28. The molecule has 1 unspecified atom stereocenters. The molecule has 1 aliphatic rings. The van der Waals surface area contributed by atoms with Crippen molar-refractivity contribution in [3.8, 4) is 5.75 Å². The summed E-state index contributed by atoms with van der Waals surface area (Å²) in [5.74, 6) is 2.02. The second kappa shape index (κ2) is 3.72. The van der Waals surface area contributed by atoms with Gasteiger partial charge in [0.2, 0.25) is 0 Å². The quantitative estimate of drug-likeness (QED) is 0.837. The van der Waals surface area contributed by atoms with Crippen LogP contribution in [-0.4, -0.2) is 23.6 Å². The Balaban J connectivity index is 2.40. The Bertz CT molecular complexity index is 368. The van der Waals surface area contributed by atoms with Crippen LogP contribution < -0.4 is 4.74 Å². The average Bonchev–Trinajstić information content (AvgIpc) is 2.59. The van der Waals surface area contributed by atoms with E-state index >= 15 is 0 Å². The summed E-state index contributed by atoms with van der Waals surface area (Å²) < 4.78 is 5.21. The molecule has 0 spiro atoms. The van der Waals surface area contributed by atoms with Gasteiger partial charge in [-0.05, 0) is 37.6 Å². The molecule has 2 rings (SSSR count). The van der Waals surface area contributed by atoms with Crippen LogP contribution in [0.25, 0.3) is 0 Å². The molecule has 82 valence electrons. The van der Waals surface area contributed by atoms with Crippen LogP contribution in [0.2, 0.25) is 0 Å². The van der Waals surface area contributed by atoms with E-state index in [0.29, 0.717) is 0 Å². The summed E-state index contributed by atoms with van der Waals surface area (Å²) in [5.41, 5.74) is 0.553. The highest BCUT2D eigenvalue weighted by atomic mass is 32.2. The predicted molar refractivity (Wildman–Crippen MR) is 62.8 cm³/mol. The number of ether oxygens (including phenoxy) is 1. The fourth-order valence-electron chi connectivity index (χ4n) is 1.90. The fourth-order valence-corrected chi connectivity index (χ4v) is 3.37. The van der Waals surface area contributed by atoms with Crippen LogP contribution in [0.4, 0.5) is 0 Å². The molecule has 1 atom stereocenters. The minimum atomic E-state index is -0.662. The van der Waals surface area contributed by atoms with E-state index in [1.807, 2.05) is 26.0 Å². The first kappa shape index (κ1) is 10.8. The predicted octanol–water partition coefficient (Wildman–Crippen LogP) is 2.66. The molecule has 1 N–H and O–H groups in total. The number of thioether (sulfide) groups is 1. The highest BCUT2D eigenvalue weighted by Gasteiger charge is 2.34. The van der Waals surface area contributed by atoms with Gasteiger partial charge in [0.15, 0.2) is 0 Å². The average molecular weight is 224 g/mol. The van der Waals surface area contributed by atoms with Crippen LogP contribution in [0.15, 0.2) is 23.1 Å². The van der Waals surface area contributed by atoms with Gasteiger partial charge in [-0.2, -0.15) is 0 Å². The van der Waals surface area contributed by atoms with Gasteiger partial charge in [-0.3, -0.25) is 0 Å². The molecule has 1 aromatic rings. The monoisotopic (exact) mass is 224 g/mol. The number of aliphatic hydroxyl groups is 1. The standard InChI is InChI=1S/C12H16O2S/c1-12(2,13)10-7-15-11-5-4-8(14-3)6-9(10)11/h4-6,10,13H,7H2,1-3H3. The molecular weight excluding hydrogens is 208 g/mol. The van der Waals surface area contributed by atoms with Gasteiger partial charge in [0.25, 0.3) is 0 Å². The van der Waals surface area contributed by atoms with Gasteiger partial charge in [0, 0.05) is 16.6 Å². The third kappa shape index (κ3) is 1.99. The summed E-state index contributed by atoms with van der Waals surface area (Å²) in [6.45, 7) is 3.74. The van der Waals surface area contributed by atoms with E-state index in [1.165, 1.54) is 10.5 Å². The molecule has 1 heterocycles. The summed E-state index contributed by atoms with van der Waals surface area (Å²) in [5, 5.41) is 10.1. The normalized spacial score (nSPS) is 20.1. The van der Waals surface area contributed by atoms with E-state index < -0.39 is 5.60 Å². The number of hydrogen-bond acceptors (Lipinski definition) is 3. The van der Waals surface area contributed by atoms with Gasteiger partial charge >= 0.3 is 0 Å². The van der Waals surface area contributed by atoms with E-state index in [4.69, 9.17) is 4.74 Å². The van der Waals surface area contributed by atoms with Crippen molar-refractivity contribution in [3.05, 3.63) is 23.8 Å². The van der Waals surface area contributed by atoms with Gasteiger partial charge in [-0.15, -0.1) is 11.8 Å². The minimum absolute atomic E-state index is 0.201. The van der Waals surface area contributed by atoms with Crippen molar-refractivity contribution in [1.29, 1.82) is 0 Å². The van der Waals surface area contributed by atoms with E-state index in [0.717, 1.165) is 11.5 Å². The summed E-state index contributed by atoms with van der Waals surface area (Å²) in [7, 11) is 1.67. The molecule has 0 saturated heterocycles. The third-order valence-electron chi connectivity index (χ3n) is 2.85. The van der Waals surface area contributed by atoms with Crippen molar-refractivity contribution >= 4 is 11.8 Å². The second-order valence-corrected chi connectivity index (χ2v) is 5.48. The fraction of sp³-hybridized carbons (Fsp3) is 0.500. The molecule has 2 nitrogen and oxygen atoms in total. The topological polar surface area (TPSA) is 29.5 Å². The summed E-state index contributed by atoms with van der Waals surface area (Å²) in [6.07, 6.45) is 0. The summed E-state index contributed by atoms with van der Waals surface area (Å²) >= 11 is 1.81. The van der Waals surface area contributed by atoms with E-state index in [1.54, 1.807) is 18.9 Å². The highest BCUT2D eigenvalue weighted by molar-refractivity contribution is 7.99. The number of methoxy groups -OCH3 is 1. The zero-order valence-corrected chi connectivity index (χ0v) is 10.1. The molecule has 0 saturated carbocycles. The largest absolute Gasteiger partial charge is 0.497 e. The third-order valence-corrected chi connectivity index (χ3v) is 4.03. The maximum Gasteiger partial charge on any atom is 0.119 e. The lowest BCUT2D eigenvalue weighted by Crippen LogP contribution is -2.28. The Hall–Kier alpha value is -0.670. The van der Waals surface area contributed by atoms with Crippen molar-refractivity contribution in [1.82, 2.24) is 0 Å². The van der Waals surface area contributed by atoms with Crippen LogP contribution >= 0.6 is 11.8 Å². The SMILES string of the molecule is COc1ccc2c(c1)C(C(C)(C)O)CS2. The molecule has 0 aromatic heterocycles. The minimum Gasteiger partial charge on any atom is -0.497 e. The van der Waals surface area contributed by atoms with Gasteiger partial charge in [0.1, 0.15) is 5.75 Å². The maximum atomic E-state index is 10.1. The van der Waals surface area contributed by atoms with Crippen molar-refractivity contribution < 1.29 is 9.84 Å². The smallest absolute Gasteiger partial charge is 0.119 e. The van der Waals surface area contributed by atoms with Gasteiger partial charge in [-0.1, -0.05) is 0 Å². The number of fused-ring (bicyclic) bond motifs is 1. The summed E-state index contributed by atoms with van der Waals surface area (Å²) in [4.78, 5) is 1.27. The molecule has 0 radical (unpaired) electrons. The first-order valence-electron chi connectivity index (χ1n) is 5.05. The molecule has 3 heteroatoms. The van der Waals surface area contributed by atoms with Crippen LogP contribution in [0, 0.1) is 0 Å². The molecule has 0 amide bonds. The van der Waals surface area contributed by atoms with Gasteiger partial charge < -0.3 is 9.84 Å². The molecular formula is C12H16O2S. The van der Waals surface area contributed by atoms with Gasteiger partial charge in [0.05, 0.1) is 12.7 Å². The van der Waals surface area contributed by atoms with Crippen molar-refractivity contribution in [2.45, 2.75) is 30.3 Å². The Labute approximate surface area is 94.6 Å². The van der Waals surface area contributed by atoms with E-state index in [-0.39, 0.29) is 5.92 Å². The van der Waals surface area contributed by atoms with E-state index in [2.05, 4.69) is 6.07 Å². The first-order chi connectivity index (χ1) is 7.02. The zero-order chi connectivity index (χ0) is 11.1. The maximum absolute atomic E-state index is 10.1. The van der Waals surface area contributed by atoms with Gasteiger partial charge in [-0.25, -0.2) is 0 Å². The Morgan fingerprint density at radius 1 is 1.47 bits per heavy atom. The van der Waals surface area contributed by atoms with Crippen LogP contribution in [0.3, 0.4) is 0 Å². The van der Waals surface area contributed by atoms with Crippen LogP contribution in [-0.2, 0) is 0 Å². The molecule has 1 aromatic carbocycles. The Morgan fingerprint density at radius 2 is 2.20 bits per heavy atom. The van der Waals surface area contributed by atoms with E-state index in [9.17, 15) is 5.11 Å². The van der Waals surface area contributed by atoms with Crippen molar-refractivity contribution in [2.75, 3.05) is 12.9 Å². The molecule has 0 aliphatic carbocycles. The summed E-state index contributed by atoms with van der Waals surface area (Å²) in [6, 6.07) is 6.08. The lowest BCUT2D eigenvalue weighted by Gasteiger charge is -2.25. The highest BCUT2D eigenvalue weighted by Crippen LogP contribution is 2.45. The lowest BCUT2D eigenvalue weighted by atomic mass is 9.86. The van der Waals surface area contributed by atoms with Crippen molar-refractivity contribution in [3.63, 3.8) is 0 Å². The second-order valence-electron chi connectivity index (χ2n) is 4.42. The number of hydrogen-bond donors (Lipinski definition) is 1. The molecule has 0 bridgehead atoms. The van der Waals surface area contributed by atoms with Crippen LogP contribution in [0.1, 0.15) is 25.3 Å². The lowest BCUT2D eigenvalue weighted by molar-refractivity contribution is 0.0578. The Morgan fingerprint density at radius 3 is 2.80 bits per heavy atom. The molecule has 15 heavy (non-hydrogen) atoms. The Kier molecular flexibility index (Phi) is 2.69. The number of benzene rings is 1. The first-order valence-corrected chi connectivity index (χ1v) is 6.04. The number of rotatable bonds is 2. The van der Waals surface area contributed by atoms with Crippen LogP contribution in [0.5, 0.6) is 5.75 Å².